The highest BCUT2D eigenvalue weighted by Gasteiger charge is 2.20. The van der Waals surface area contributed by atoms with Gasteiger partial charge in [-0.1, -0.05) is 0 Å². The Balaban J connectivity index is 2.55. The molecule has 108 valence electrons. The predicted molar refractivity (Wildman–Crippen MR) is 78.0 cm³/mol. The van der Waals surface area contributed by atoms with Crippen molar-refractivity contribution < 1.29 is 13.9 Å². The van der Waals surface area contributed by atoms with Crippen molar-refractivity contribution in [3.63, 3.8) is 0 Å². The molecule has 0 saturated heterocycles. The second-order valence-corrected chi connectivity index (χ2v) is 4.06. The number of ether oxygens (including phenoxy) is 1. The van der Waals surface area contributed by atoms with E-state index in [-0.39, 0.29) is 22.9 Å². The quantitative estimate of drug-likeness (QED) is 0.715. The summed E-state index contributed by atoms with van der Waals surface area (Å²) in [5, 5.41) is 7.24. The third kappa shape index (κ3) is 2.76. The standard InChI is InChI=1S/C14H14N4O3/c1-20-10-4-2-8(3-5-10)12-11(13(17)19)18-14(21-12)9(6-15)7-16/h2-7,15H,16H2,1H3,(H2,17,19)/b9-7+,15-6?. The molecule has 0 atom stereocenters. The normalized spacial score (nSPS) is 11.2. The van der Waals surface area contributed by atoms with Gasteiger partial charge in [-0.2, -0.15) is 0 Å². The molecule has 2 rings (SSSR count). The monoisotopic (exact) mass is 286 g/mol. The molecule has 0 radical (unpaired) electrons. The van der Waals surface area contributed by atoms with E-state index in [0.717, 1.165) is 6.21 Å². The lowest BCUT2D eigenvalue weighted by molar-refractivity contribution is 0.0996. The molecule has 0 aliphatic carbocycles. The van der Waals surface area contributed by atoms with Crippen molar-refractivity contribution in [3.8, 4) is 17.1 Å². The molecule has 2 aromatic rings. The minimum absolute atomic E-state index is 0.0173. The fourth-order valence-corrected chi connectivity index (χ4v) is 1.73. The van der Waals surface area contributed by atoms with Crippen molar-refractivity contribution in [2.75, 3.05) is 7.11 Å². The molecular weight excluding hydrogens is 272 g/mol. The van der Waals surface area contributed by atoms with Gasteiger partial charge in [0.05, 0.1) is 12.7 Å². The zero-order chi connectivity index (χ0) is 15.4. The molecule has 5 N–H and O–H groups in total. The number of aromatic nitrogens is 1. The van der Waals surface area contributed by atoms with Gasteiger partial charge in [-0.15, -0.1) is 0 Å². The first-order valence-corrected chi connectivity index (χ1v) is 5.98. The number of nitrogens with zero attached hydrogens (tertiary/aromatic N) is 1. The molecule has 1 aromatic heterocycles. The zero-order valence-electron chi connectivity index (χ0n) is 11.3. The third-order valence-electron chi connectivity index (χ3n) is 2.79. The first-order chi connectivity index (χ1) is 10.1. The van der Waals surface area contributed by atoms with Crippen LogP contribution in [-0.4, -0.2) is 24.2 Å². The summed E-state index contributed by atoms with van der Waals surface area (Å²) in [6.07, 6.45) is 2.15. The van der Waals surface area contributed by atoms with Crippen molar-refractivity contribution in [1.82, 2.24) is 4.98 Å². The van der Waals surface area contributed by atoms with Crippen LogP contribution in [0.5, 0.6) is 5.75 Å². The number of hydrogen-bond acceptors (Lipinski definition) is 6. The average Bonchev–Trinajstić information content (AvgIpc) is 2.94. The third-order valence-corrected chi connectivity index (χ3v) is 2.79. The van der Waals surface area contributed by atoms with Crippen LogP contribution in [0, 0.1) is 5.41 Å². The van der Waals surface area contributed by atoms with Gasteiger partial charge in [-0.3, -0.25) is 4.79 Å². The zero-order valence-corrected chi connectivity index (χ0v) is 11.3. The van der Waals surface area contributed by atoms with Gasteiger partial charge >= 0.3 is 0 Å². The summed E-state index contributed by atoms with van der Waals surface area (Å²) in [7, 11) is 1.55. The number of carbonyl (C=O) groups excluding carboxylic acids is 1. The molecule has 7 nitrogen and oxygen atoms in total. The molecule has 1 heterocycles. The average molecular weight is 286 g/mol. The molecule has 0 aliphatic heterocycles. The number of primary amides is 1. The maximum absolute atomic E-state index is 11.5. The number of nitrogens with one attached hydrogen (secondary N) is 1. The highest BCUT2D eigenvalue weighted by atomic mass is 16.5. The molecule has 21 heavy (non-hydrogen) atoms. The van der Waals surface area contributed by atoms with E-state index in [1.807, 2.05) is 0 Å². The maximum atomic E-state index is 11.5. The summed E-state index contributed by atoms with van der Waals surface area (Å²) in [4.78, 5) is 15.5. The Morgan fingerprint density at radius 1 is 1.38 bits per heavy atom. The van der Waals surface area contributed by atoms with E-state index in [1.54, 1.807) is 31.4 Å². The fourth-order valence-electron chi connectivity index (χ4n) is 1.73. The predicted octanol–water partition coefficient (Wildman–Crippen LogP) is 1.40. The minimum Gasteiger partial charge on any atom is -0.497 e. The number of oxazole rings is 1. The van der Waals surface area contributed by atoms with Crippen LogP contribution in [0.3, 0.4) is 0 Å². The Morgan fingerprint density at radius 3 is 2.52 bits per heavy atom. The van der Waals surface area contributed by atoms with E-state index in [2.05, 4.69) is 4.98 Å². The molecule has 0 saturated carbocycles. The van der Waals surface area contributed by atoms with Crippen LogP contribution in [0.1, 0.15) is 16.4 Å². The van der Waals surface area contributed by atoms with Gasteiger partial charge in [0.15, 0.2) is 11.5 Å². The lowest BCUT2D eigenvalue weighted by Crippen LogP contribution is -2.12. The minimum atomic E-state index is -0.725. The van der Waals surface area contributed by atoms with Gasteiger partial charge < -0.3 is 26.0 Å². The molecule has 1 aromatic carbocycles. The molecule has 0 unspecified atom stereocenters. The number of methoxy groups -OCH3 is 1. The van der Waals surface area contributed by atoms with Crippen LogP contribution in [0.4, 0.5) is 0 Å². The number of hydrogen-bond donors (Lipinski definition) is 3. The van der Waals surface area contributed by atoms with Crippen LogP contribution in [0.15, 0.2) is 34.9 Å². The molecule has 1 amide bonds. The molecule has 0 aliphatic rings. The van der Waals surface area contributed by atoms with E-state index in [0.29, 0.717) is 11.3 Å². The first-order valence-electron chi connectivity index (χ1n) is 5.98. The Labute approximate surface area is 120 Å². The maximum Gasteiger partial charge on any atom is 0.271 e. The van der Waals surface area contributed by atoms with E-state index in [1.165, 1.54) is 6.20 Å². The van der Waals surface area contributed by atoms with Crippen molar-refractivity contribution >= 4 is 17.7 Å². The van der Waals surface area contributed by atoms with Gasteiger partial charge in [0.1, 0.15) is 5.75 Å². The number of nitrogens with two attached hydrogens (primary N) is 2. The number of allylic oxidation sites excluding steroid dienone is 1. The molecule has 0 bridgehead atoms. The van der Waals surface area contributed by atoms with E-state index in [4.69, 9.17) is 26.0 Å². The summed E-state index contributed by atoms with van der Waals surface area (Å²) in [6, 6.07) is 6.87. The smallest absolute Gasteiger partial charge is 0.271 e. The summed E-state index contributed by atoms with van der Waals surface area (Å²) >= 11 is 0. The summed E-state index contributed by atoms with van der Waals surface area (Å²) in [5.41, 5.74) is 11.5. The Morgan fingerprint density at radius 2 is 2.05 bits per heavy atom. The van der Waals surface area contributed by atoms with Gasteiger partial charge in [0.2, 0.25) is 5.89 Å². The van der Waals surface area contributed by atoms with Crippen LogP contribution in [-0.2, 0) is 0 Å². The van der Waals surface area contributed by atoms with Gasteiger partial charge in [-0.25, -0.2) is 4.98 Å². The SMILES string of the molecule is COc1ccc(-c2oc(/C(C=N)=C/N)nc2C(N)=O)cc1. The molecule has 7 heteroatoms. The highest BCUT2D eigenvalue weighted by Crippen LogP contribution is 2.28. The lowest BCUT2D eigenvalue weighted by atomic mass is 10.1. The van der Waals surface area contributed by atoms with Gasteiger partial charge in [-0.05, 0) is 24.3 Å². The molecule has 0 fully saturated rings. The van der Waals surface area contributed by atoms with E-state index < -0.39 is 5.91 Å². The molecule has 0 spiro atoms. The number of rotatable bonds is 5. The van der Waals surface area contributed by atoms with Crippen LogP contribution < -0.4 is 16.2 Å². The second kappa shape index (κ2) is 5.91. The first kappa shape index (κ1) is 14.3. The number of amides is 1. The number of benzene rings is 1. The lowest BCUT2D eigenvalue weighted by Gasteiger charge is -2.01. The van der Waals surface area contributed by atoms with Gasteiger partial charge in [0, 0.05) is 18.0 Å². The van der Waals surface area contributed by atoms with Crippen molar-refractivity contribution in [2.45, 2.75) is 0 Å². The van der Waals surface area contributed by atoms with Gasteiger partial charge in [0.25, 0.3) is 5.91 Å². The van der Waals surface area contributed by atoms with E-state index in [9.17, 15) is 4.79 Å². The highest BCUT2D eigenvalue weighted by molar-refractivity contribution is 6.07. The Hall–Kier alpha value is -3.09. The Kier molecular flexibility index (Phi) is 4.03. The summed E-state index contributed by atoms with van der Waals surface area (Å²) in [6.45, 7) is 0. The Bertz CT molecular complexity index is 702. The fraction of sp³-hybridized carbons (Fsp3) is 0.0714. The summed E-state index contributed by atoms with van der Waals surface area (Å²) < 4.78 is 10.6. The molecular formula is C14H14N4O3. The second-order valence-electron chi connectivity index (χ2n) is 4.06. The van der Waals surface area contributed by atoms with Crippen molar-refractivity contribution in [2.24, 2.45) is 11.5 Å². The van der Waals surface area contributed by atoms with Crippen LogP contribution in [0.25, 0.3) is 16.9 Å². The van der Waals surface area contributed by atoms with Crippen molar-refractivity contribution in [1.29, 1.82) is 5.41 Å². The van der Waals surface area contributed by atoms with Crippen LogP contribution >= 0.6 is 0 Å². The van der Waals surface area contributed by atoms with Crippen molar-refractivity contribution in [3.05, 3.63) is 42.1 Å². The topological polar surface area (TPSA) is 128 Å². The summed E-state index contributed by atoms with van der Waals surface area (Å²) in [5.74, 6) is 0.229. The van der Waals surface area contributed by atoms with E-state index >= 15 is 0 Å². The van der Waals surface area contributed by atoms with Crippen LogP contribution in [0.2, 0.25) is 0 Å². The largest absolute Gasteiger partial charge is 0.497 e. The number of carbonyl (C=O) groups is 1.